The van der Waals surface area contributed by atoms with E-state index in [0.29, 0.717) is 5.56 Å². The van der Waals surface area contributed by atoms with E-state index in [1.54, 1.807) is 0 Å². The third-order valence-electron chi connectivity index (χ3n) is 3.32. The van der Waals surface area contributed by atoms with Crippen molar-refractivity contribution in [3.05, 3.63) is 39.4 Å². The smallest absolute Gasteiger partial charge is 0.337 e. The van der Waals surface area contributed by atoms with Gasteiger partial charge < -0.3 is 15.5 Å². The van der Waals surface area contributed by atoms with Gasteiger partial charge in [-0.1, -0.05) is 26.8 Å². The molecule has 1 atom stereocenters. The molecule has 0 spiro atoms. The van der Waals surface area contributed by atoms with E-state index in [9.17, 15) is 24.8 Å². The van der Waals surface area contributed by atoms with E-state index >= 15 is 0 Å². The van der Waals surface area contributed by atoms with Crippen molar-refractivity contribution in [2.24, 2.45) is 0 Å². The summed E-state index contributed by atoms with van der Waals surface area (Å²) >= 11 is 0. The van der Waals surface area contributed by atoms with Crippen LogP contribution in [0.1, 0.15) is 43.6 Å². The van der Waals surface area contributed by atoms with E-state index in [4.69, 9.17) is 5.11 Å². The Hall–Kier alpha value is -2.48. The Morgan fingerprint density at radius 3 is 2.26 bits per heavy atom. The van der Waals surface area contributed by atoms with Crippen molar-refractivity contribution in [1.29, 1.82) is 0 Å². The molecule has 1 aromatic rings. The topological polar surface area (TPSA) is 130 Å². The Morgan fingerprint density at radius 1 is 1.26 bits per heavy atom. The number of nitrogens with zero attached hydrogens (tertiary/aromatic N) is 1. The van der Waals surface area contributed by atoms with Gasteiger partial charge in [0, 0.05) is 17.2 Å². The zero-order valence-corrected chi connectivity index (χ0v) is 13.4. The number of carboxylic acid groups (broad SMARTS) is 1. The minimum Gasteiger partial charge on any atom is -0.479 e. The van der Waals surface area contributed by atoms with Crippen LogP contribution in [-0.2, 0) is 10.2 Å². The van der Waals surface area contributed by atoms with E-state index < -0.39 is 34.4 Å². The minimum absolute atomic E-state index is 0.0193. The van der Waals surface area contributed by atoms with Gasteiger partial charge in [0.25, 0.3) is 11.6 Å². The first-order valence-corrected chi connectivity index (χ1v) is 6.89. The maximum absolute atomic E-state index is 12.0. The van der Waals surface area contributed by atoms with Gasteiger partial charge in [-0.15, -0.1) is 0 Å². The number of aliphatic carboxylic acids is 1. The Labute approximate surface area is 133 Å². The molecule has 23 heavy (non-hydrogen) atoms. The first kappa shape index (κ1) is 18.6. The van der Waals surface area contributed by atoms with Crippen LogP contribution in [0.15, 0.2) is 18.2 Å². The molecule has 0 aromatic heterocycles. The summed E-state index contributed by atoms with van der Waals surface area (Å²) in [7, 11) is 0. The number of amides is 1. The van der Waals surface area contributed by atoms with Gasteiger partial charge in [-0.3, -0.25) is 14.9 Å². The van der Waals surface area contributed by atoms with Crippen molar-refractivity contribution in [2.75, 3.05) is 6.54 Å². The molecule has 1 rings (SSSR count). The molecule has 0 aliphatic heterocycles. The Bertz CT molecular complexity index is 646. The van der Waals surface area contributed by atoms with Crippen LogP contribution in [0.25, 0.3) is 0 Å². The Kier molecular flexibility index (Phi) is 5.11. The van der Waals surface area contributed by atoms with Crippen molar-refractivity contribution in [3.8, 4) is 0 Å². The summed E-state index contributed by atoms with van der Waals surface area (Å²) in [6.07, 6.45) is 0. The Balaban J connectivity index is 3.06. The van der Waals surface area contributed by atoms with E-state index in [1.165, 1.54) is 12.1 Å². The standard InChI is InChI=1S/C15H20N2O6/c1-14(2,3)10-6-5-9(7-11(10)17(22)23)12(18)16-8-15(4,21)13(19)20/h5-7,21H,8H2,1-4H3,(H,16,18)(H,19,20). The van der Waals surface area contributed by atoms with Crippen LogP contribution < -0.4 is 5.32 Å². The van der Waals surface area contributed by atoms with Crippen molar-refractivity contribution < 1.29 is 24.7 Å². The second kappa shape index (κ2) is 6.33. The van der Waals surface area contributed by atoms with Crippen LogP contribution in [0.4, 0.5) is 5.69 Å². The van der Waals surface area contributed by atoms with Gasteiger partial charge in [0.2, 0.25) is 0 Å². The molecule has 0 aliphatic carbocycles. The van der Waals surface area contributed by atoms with E-state index in [2.05, 4.69) is 5.32 Å². The van der Waals surface area contributed by atoms with Gasteiger partial charge in [0.15, 0.2) is 5.60 Å². The lowest BCUT2D eigenvalue weighted by Crippen LogP contribution is -2.46. The Morgan fingerprint density at radius 2 is 1.83 bits per heavy atom. The summed E-state index contributed by atoms with van der Waals surface area (Å²) in [6.45, 7) is 5.98. The van der Waals surface area contributed by atoms with Gasteiger partial charge in [-0.05, 0) is 18.4 Å². The summed E-state index contributed by atoms with van der Waals surface area (Å²) in [5.74, 6) is -2.18. The number of carboxylic acids is 1. The van der Waals surface area contributed by atoms with Crippen LogP contribution in [0.5, 0.6) is 0 Å². The summed E-state index contributed by atoms with van der Waals surface area (Å²) in [5, 5.41) is 31.8. The molecule has 1 unspecified atom stereocenters. The number of rotatable bonds is 5. The van der Waals surface area contributed by atoms with Crippen molar-refractivity contribution in [1.82, 2.24) is 5.32 Å². The van der Waals surface area contributed by atoms with Crippen molar-refractivity contribution in [3.63, 3.8) is 0 Å². The van der Waals surface area contributed by atoms with Crippen LogP contribution in [0.2, 0.25) is 0 Å². The largest absolute Gasteiger partial charge is 0.479 e. The maximum Gasteiger partial charge on any atom is 0.337 e. The molecule has 1 amide bonds. The fourth-order valence-corrected chi connectivity index (χ4v) is 1.89. The molecule has 0 radical (unpaired) electrons. The molecular formula is C15H20N2O6. The highest BCUT2D eigenvalue weighted by Crippen LogP contribution is 2.31. The predicted octanol–water partition coefficient (Wildman–Crippen LogP) is 1.46. The second-order valence-corrected chi connectivity index (χ2v) is 6.50. The highest BCUT2D eigenvalue weighted by molar-refractivity contribution is 5.95. The molecular weight excluding hydrogens is 304 g/mol. The van der Waals surface area contributed by atoms with Crippen molar-refractivity contribution in [2.45, 2.75) is 38.7 Å². The molecule has 0 bridgehead atoms. The summed E-state index contributed by atoms with van der Waals surface area (Å²) < 4.78 is 0. The molecule has 0 aliphatic rings. The highest BCUT2D eigenvalue weighted by atomic mass is 16.6. The molecule has 0 heterocycles. The van der Waals surface area contributed by atoms with Crippen LogP contribution in [-0.4, -0.2) is 39.2 Å². The minimum atomic E-state index is -2.12. The van der Waals surface area contributed by atoms with Crippen molar-refractivity contribution >= 4 is 17.6 Å². The SMILES string of the molecule is CC(O)(CNC(=O)c1ccc(C(C)(C)C)c([N+](=O)[O-])c1)C(=O)O. The first-order chi connectivity index (χ1) is 10.4. The van der Waals surface area contributed by atoms with E-state index in [-0.39, 0.29) is 11.3 Å². The maximum atomic E-state index is 12.0. The normalized spacial score (nSPS) is 14.0. The fraction of sp³-hybridized carbons (Fsp3) is 0.467. The average Bonchev–Trinajstić information content (AvgIpc) is 2.42. The molecule has 126 valence electrons. The number of carbonyl (C=O) groups is 2. The number of nitrogens with one attached hydrogen (secondary N) is 1. The first-order valence-electron chi connectivity index (χ1n) is 6.89. The van der Waals surface area contributed by atoms with Gasteiger partial charge in [0.1, 0.15) is 0 Å². The molecule has 8 heteroatoms. The predicted molar refractivity (Wildman–Crippen MR) is 82.4 cm³/mol. The number of nitro groups is 1. The monoisotopic (exact) mass is 324 g/mol. The molecule has 0 fully saturated rings. The van der Waals surface area contributed by atoms with E-state index in [0.717, 1.165) is 13.0 Å². The summed E-state index contributed by atoms with van der Waals surface area (Å²) in [4.78, 5) is 33.4. The zero-order chi connectivity index (χ0) is 18.0. The lowest BCUT2D eigenvalue weighted by molar-refractivity contribution is -0.386. The number of carbonyl (C=O) groups excluding carboxylic acids is 1. The number of aliphatic hydroxyl groups is 1. The third kappa shape index (κ3) is 4.49. The zero-order valence-electron chi connectivity index (χ0n) is 13.4. The average molecular weight is 324 g/mol. The summed E-state index contributed by atoms with van der Waals surface area (Å²) in [5.41, 5.74) is -2.27. The number of nitro benzene ring substituents is 1. The fourth-order valence-electron chi connectivity index (χ4n) is 1.89. The molecule has 3 N–H and O–H groups in total. The molecule has 1 aromatic carbocycles. The second-order valence-electron chi connectivity index (χ2n) is 6.50. The number of hydrogen-bond acceptors (Lipinski definition) is 5. The van der Waals surface area contributed by atoms with E-state index in [1.807, 2.05) is 20.8 Å². The summed E-state index contributed by atoms with van der Waals surface area (Å²) in [6, 6.07) is 4.08. The molecule has 0 saturated heterocycles. The van der Waals surface area contributed by atoms with Gasteiger partial charge in [0.05, 0.1) is 11.5 Å². The number of benzene rings is 1. The van der Waals surface area contributed by atoms with Gasteiger partial charge in [-0.25, -0.2) is 4.79 Å². The molecule has 8 nitrogen and oxygen atoms in total. The number of hydrogen-bond donors (Lipinski definition) is 3. The quantitative estimate of drug-likeness (QED) is 0.555. The molecule has 0 saturated carbocycles. The highest BCUT2D eigenvalue weighted by Gasteiger charge is 2.31. The van der Waals surface area contributed by atoms with Crippen LogP contribution in [0, 0.1) is 10.1 Å². The van der Waals surface area contributed by atoms with Crippen LogP contribution >= 0.6 is 0 Å². The van der Waals surface area contributed by atoms with Gasteiger partial charge in [-0.2, -0.15) is 0 Å². The van der Waals surface area contributed by atoms with Gasteiger partial charge >= 0.3 is 5.97 Å². The lowest BCUT2D eigenvalue weighted by Gasteiger charge is -2.20. The van der Waals surface area contributed by atoms with Crippen LogP contribution in [0.3, 0.4) is 0 Å². The lowest BCUT2D eigenvalue weighted by atomic mass is 9.85. The third-order valence-corrected chi connectivity index (χ3v) is 3.32.